The van der Waals surface area contributed by atoms with Crippen molar-refractivity contribution >= 4 is 23.4 Å². The molecule has 1 aromatic carbocycles. The zero-order valence-corrected chi connectivity index (χ0v) is 10.5. The van der Waals surface area contributed by atoms with Gasteiger partial charge in [0.2, 0.25) is 0 Å². The first-order chi connectivity index (χ1) is 8.66. The van der Waals surface area contributed by atoms with E-state index in [1.165, 1.54) is 12.1 Å². The molecule has 3 unspecified atom stereocenters. The average molecular weight is 267 g/mol. The number of hydrogen-bond acceptors (Lipinski definition) is 3. The summed E-state index contributed by atoms with van der Waals surface area (Å²) < 4.78 is 13.3. The lowest BCUT2D eigenvalue weighted by Gasteiger charge is -2.41. The lowest BCUT2D eigenvalue weighted by atomic mass is 9.77. The summed E-state index contributed by atoms with van der Waals surface area (Å²) in [6, 6.07) is 4.59. The smallest absolute Gasteiger partial charge is 0.311 e. The monoisotopic (exact) mass is 267 g/mol. The lowest BCUT2D eigenvalue weighted by molar-refractivity contribution is -0.140. The summed E-state index contributed by atoms with van der Waals surface area (Å²) >= 11 is 1.78. The number of fused-ring (bicyclic) bond motifs is 2. The van der Waals surface area contributed by atoms with Crippen molar-refractivity contribution in [1.29, 1.82) is 0 Å². The summed E-state index contributed by atoms with van der Waals surface area (Å²) in [6.07, 6.45) is 0.968. The van der Waals surface area contributed by atoms with Crippen LogP contribution in [0.2, 0.25) is 0 Å². The molecule has 5 heteroatoms. The van der Waals surface area contributed by atoms with Gasteiger partial charge in [-0.3, -0.25) is 4.79 Å². The van der Waals surface area contributed by atoms with E-state index in [4.69, 9.17) is 0 Å². The molecule has 2 N–H and O–H groups in total. The first-order valence-corrected chi connectivity index (χ1v) is 7.19. The van der Waals surface area contributed by atoms with Gasteiger partial charge in [-0.15, -0.1) is 0 Å². The molecule has 0 aromatic heterocycles. The molecule has 96 valence electrons. The van der Waals surface area contributed by atoms with Crippen molar-refractivity contribution in [3.05, 3.63) is 29.6 Å². The van der Waals surface area contributed by atoms with Crippen molar-refractivity contribution in [1.82, 2.24) is 0 Å². The van der Waals surface area contributed by atoms with Gasteiger partial charge in [0, 0.05) is 17.6 Å². The van der Waals surface area contributed by atoms with Gasteiger partial charge in [0.15, 0.2) is 0 Å². The third kappa shape index (κ3) is 1.86. The van der Waals surface area contributed by atoms with Crippen LogP contribution in [0.1, 0.15) is 17.9 Å². The number of thioether (sulfide) groups is 1. The molecule has 0 amide bonds. The Morgan fingerprint density at radius 1 is 1.50 bits per heavy atom. The highest BCUT2D eigenvalue weighted by Gasteiger charge is 2.42. The predicted octanol–water partition coefficient (Wildman–Crippen LogP) is 2.54. The summed E-state index contributed by atoms with van der Waals surface area (Å²) in [5.41, 5.74) is 1.36. The summed E-state index contributed by atoms with van der Waals surface area (Å²) in [5.74, 6) is 0.122. The Kier molecular flexibility index (Phi) is 2.93. The second-order valence-corrected chi connectivity index (χ2v) is 5.98. The number of benzene rings is 1. The van der Waals surface area contributed by atoms with Crippen LogP contribution in [-0.4, -0.2) is 28.6 Å². The Balaban J connectivity index is 2.07. The normalized spacial score (nSPS) is 29.9. The lowest BCUT2D eigenvalue weighted by Crippen LogP contribution is -2.44. The van der Waals surface area contributed by atoms with Gasteiger partial charge in [-0.2, -0.15) is 11.8 Å². The average Bonchev–Trinajstić information content (AvgIpc) is 2.35. The number of rotatable bonds is 1. The van der Waals surface area contributed by atoms with E-state index in [0.717, 1.165) is 23.6 Å². The van der Waals surface area contributed by atoms with Crippen molar-refractivity contribution in [3.63, 3.8) is 0 Å². The molecule has 2 heterocycles. The first-order valence-electron chi connectivity index (χ1n) is 6.03. The van der Waals surface area contributed by atoms with Crippen molar-refractivity contribution in [2.75, 3.05) is 16.8 Å². The minimum atomic E-state index is -0.846. The second-order valence-electron chi connectivity index (χ2n) is 4.83. The number of carbonyl (C=O) groups is 1. The van der Waals surface area contributed by atoms with E-state index in [9.17, 15) is 14.3 Å². The highest BCUT2D eigenvalue weighted by atomic mass is 32.2. The SMILES string of the molecule is O=C(O)C1c2cc(F)ccc2NC2CCSCC21. The molecule has 2 aliphatic heterocycles. The maximum absolute atomic E-state index is 13.3. The molecule has 3 atom stereocenters. The molecule has 0 spiro atoms. The van der Waals surface area contributed by atoms with Crippen molar-refractivity contribution in [2.45, 2.75) is 18.4 Å². The zero-order chi connectivity index (χ0) is 12.7. The Hall–Kier alpha value is -1.23. The van der Waals surface area contributed by atoms with Crippen LogP contribution in [-0.2, 0) is 4.79 Å². The zero-order valence-electron chi connectivity index (χ0n) is 9.73. The molecule has 2 aliphatic rings. The number of carboxylic acid groups (broad SMARTS) is 1. The van der Waals surface area contributed by atoms with Crippen LogP contribution in [0.5, 0.6) is 0 Å². The van der Waals surface area contributed by atoms with Gasteiger partial charge < -0.3 is 10.4 Å². The fraction of sp³-hybridized carbons (Fsp3) is 0.462. The van der Waals surface area contributed by atoms with Crippen molar-refractivity contribution in [2.24, 2.45) is 5.92 Å². The second kappa shape index (κ2) is 4.46. The van der Waals surface area contributed by atoms with E-state index in [1.54, 1.807) is 17.8 Å². The maximum atomic E-state index is 13.3. The Morgan fingerprint density at radius 3 is 3.11 bits per heavy atom. The van der Waals surface area contributed by atoms with Crippen LogP contribution < -0.4 is 5.32 Å². The Bertz CT molecular complexity index is 494. The van der Waals surface area contributed by atoms with Crippen LogP contribution in [0.4, 0.5) is 10.1 Å². The molecular weight excluding hydrogens is 253 g/mol. The van der Waals surface area contributed by atoms with E-state index in [-0.39, 0.29) is 17.8 Å². The molecule has 0 saturated carbocycles. The van der Waals surface area contributed by atoms with Gasteiger partial charge in [0.1, 0.15) is 5.82 Å². The minimum Gasteiger partial charge on any atom is -0.481 e. The molecule has 0 bridgehead atoms. The van der Waals surface area contributed by atoms with Gasteiger partial charge >= 0.3 is 5.97 Å². The number of halogens is 1. The quantitative estimate of drug-likeness (QED) is 0.821. The predicted molar refractivity (Wildman–Crippen MR) is 69.6 cm³/mol. The van der Waals surface area contributed by atoms with Gasteiger partial charge in [-0.1, -0.05) is 0 Å². The highest BCUT2D eigenvalue weighted by molar-refractivity contribution is 7.99. The number of hydrogen-bond donors (Lipinski definition) is 2. The largest absolute Gasteiger partial charge is 0.481 e. The van der Waals surface area contributed by atoms with Crippen LogP contribution in [0.15, 0.2) is 18.2 Å². The highest BCUT2D eigenvalue weighted by Crippen LogP contribution is 2.43. The van der Waals surface area contributed by atoms with Gasteiger partial charge in [-0.05, 0) is 41.7 Å². The van der Waals surface area contributed by atoms with Gasteiger partial charge in [0.25, 0.3) is 0 Å². The van der Waals surface area contributed by atoms with Crippen LogP contribution in [0.3, 0.4) is 0 Å². The van der Waals surface area contributed by atoms with Crippen LogP contribution in [0, 0.1) is 11.7 Å². The van der Waals surface area contributed by atoms with Crippen molar-refractivity contribution < 1.29 is 14.3 Å². The van der Waals surface area contributed by atoms with Crippen LogP contribution >= 0.6 is 11.8 Å². The standard InChI is InChI=1S/C13H14FNO2S/c14-7-1-2-10-8(5-7)12(13(16)17)9-6-18-4-3-11(9)15-10/h1-2,5,9,11-12,15H,3-4,6H2,(H,16,17). The maximum Gasteiger partial charge on any atom is 0.311 e. The summed E-state index contributed by atoms with van der Waals surface area (Å²) in [5, 5.41) is 12.8. The summed E-state index contributed by atoms with van der Waals surface area (Å²) in [4.78, 5) is 11.5. The van der Waals surface area contributed by atoms with E-state index in [2.05, 4.69) is 5.32 Å². The number of anilines is 1. The summed E-state index contributed by atoms with van der Waals surface area (Å²) in [6.45, 7) is 0. The third-order valence-electron chi connectivity index (χ3n) is 3.78. The molecule has 1 saturated heterocycles. The molecule has 1 aromatic rings. The van der Waals surface area contributed by atoms with E-state index in [0.29, 0.717) is 5.56 Å². The number of carboxylic acids is 1. The van der Waals surface area contributed by atoms with Crippen LogP contribution in [0.25, 0.3) is 0 Å². The minimum absolute atomic E-state index is 0.0514. The van der Waals surface area contributed by atoms with Gasteiger partial charge in [-0.25, -0.2) is 4.39 Å². The molecule has 0 radical (unpaired) electrons. The summed E-state index contributed by atoms with van der Waals surface area (Å²) in [7, 11) is 0. The fourth-order valence-corrected chi connectivity index (χ4v) is 4.22. The number of nitrogens with one attached hydrogen (secondary N) is 1. The molecule has 3 nitrogen and oxygen atoms in total. The van der Waals surface area contributed by atoms with E-state index >= 15 is 0 Å². The Morgan fingerprint density at radius 2 is 2.33 bits per heavy atom. The molecule has 3 rings (SSSR count). The molecule has 1 fully saturated rings. The topological polar surface area (TPSA) is 49.3 Å². The van der Waals surface area contributed by atoms with Gasteiger partial charge in [0.05, 0.1) is 5.92 Å². The van der Waals surface area contributed by atoms with E-state index < -0.39 is 11.9 Å². The molecular formula is C13H14FNO2S. The third-order valence-corrected chi connectivity index (χ3v) is 4.93. The Labute approximate surface area is 109 Å². The molecule has 18 heavy (non-hydrogen) atoms. The molecule has 0 aliphatic carbocycles. The van der Waals surface area contributed by atoms with Crippen molar-refractivity contribution in [3.8, 4) is 0 Å². The first kappa shape index (κ1) is 11.8. The number of aliphatic carboxylic acids is 1. The fourth-order valence-electron chi connectivity index (χ4n) is 2.94. The van der Waals surface area contributed by atoms with E-state index in [1.807, 2.05) is 0 Å².